The monoisotopic (exact) mass is 266 g/mol. The lowest BCUT2D eigenvalue weighted by atomic mass is 10.2. The molecule has 0 spiro atoms. The van der Waals surface area contributed by atoms with E-state index in [-0.39, 0.29) is 0 Å². The summed E-state index contributed by atoms with van der Waals surface area (Å²) >= 11 is 3.48. The zero-order valence-electron chi connectivity index (χ0n) is 8.33. The summed E-state index contributed by atoms with van der Waals surface area (Å²) in [5.41, 5.74) is 1.02. The summed E-state index contributed by atoms with van der Waals surface area (Å²) in [6.45, 7) is 0.643. The van der Waals surface area contributed by atoms with E-state index in [9.17, 15) is 0 Å². The number of hydrogen-bond donors (Lipinski definition) is 1. The van der Waals surface area contributed by atoms with Crippen LogP contribution in [-0.2, 0) is 6.54 Å². The van der Waals surface area contributed by atoms with Crippen molar-refractivity contribution < 1.29 is 4.42 Å². The first-order valence-electron chi connectivity index (χ1n) is 4.65. The summed E-state index contributed by atoms with van der Waals surface area (Å²) < 4.78 is 6.60. The SMILES string of the molecule is CNCc1ncc(-c2ccccc2Br)o1. The highest BCUT2D eigenvalue weighted by molar-refractivity contribution is 9.10. The molecule has 78 valence electrons. The standard InChI is InChI=1S/C11H11BrN2O/c1-13-7-11-14-6-10(15-11)8-4-2-3-5-9(8)12/h2-6,13H,7H2,1H3. The zero-order chi connectivity index (χ0) is 10.7. The van der Waals surface area contributed by atoms with Gasteiger partial charge in [-0.3, -0.25) is 0 Å². The molecule has 1 N–H and O–H groups in total. The first kappa shape index (κ1) is 10.4. The van der Waals surface area contributed by atoms with Crippen molar-refractivity contribution in [3.8, 4) is 11.3 Å². The molecule has 0 aliphatic carbocycles. The average molecular weight is 267 g/mol. The molecular weight excluding hydrogens is 256 g/mol. The molecule has 0 saturated heterocycles. The van der Waals surface area contributed by atoms with E-state index < -0.39 is 0 Å². The van der Waals surface area contributed by atoms with Crippen molar-refractivity contribution in [3.05, 3.63) is 40.8 Å². The highest BCUT2D eigenvalue weighted by atomic mass is 79.9. The van der Waals surface area contributed by atoms with E-state index in [4.69, 9.17) is 4.42 Å². The largest absolute Gasteiger partial charge is 0.439 e. The maximum atomic E-state index is 5.59. The van der Waals surface area contributed by atoms with Gasteiger partial charge in [0.2, 0.25) is 5.89 Å². The summed E-state index contributed by atoms with van der Waals surface area (Å²) in [4.78, 5) is 4.17. The number of nitrogens with zero attached hydrogens (tertiary/aromatic N) is 1. The maximum absolute atomic E-state index is 5.59. The van der Waals surface area contributed by atoms with E-state index in [1.165, 1.54) is 0 Å². The van der Waals surface area contributed by atoms with E-state index in [0.29, 0.717) is 12.4 Å². The van der Waals surface area contributed by atoms with Crippen LogP contribution in [0.4, 0.5) is 0 Å². The van der Waals surface area contributed by atoms with Crippen molar-refractivity contribution in [2.75, 3.05) is 7.05 Å². The molecule has 0 bridgehead atoms. The summed E-state index contributed by atoms with van der Waals surface area (Å²) in [5, 5.41) is 3.00. The van der Waals surface area contributed by atoms with Gasteiger partial charge < -0.3 is 9.73 Å². The normalized spacial score (nSPS) is 10.5. The van der Waals surface area contributed by atoms with Gasteiger partial charge in [0.25, 0.3) is 0 Å². The number of aromatic nitrogens is 1. The lowest BCUT2D eigenvalue weighted by Gasteiger charge is -1.98. The Bertz CT molecular complexity index is 453. The van der Waals surface area contributed by atoms with Crippen LogP contribution in [0.25, 0.3) is 11.3 Å². The lowest BCUT2D eigenvalue weighted by molar-refractivity contribution is 0.491. The Kier molecular flexibility index (Phi) is 3.18. The quantitative estimate of drug-likeness (QED) is 0.929. The number of hydrogen-bond acceptors (Lipinski definition) is 3. The number of nitrogens with one attached hydrogen (secondary N) is 1. The molecule has 0 saturated carbocycles. The van der Waals surface area contributed by atoms with Crippen LogP contribution in [0.2, 0.25) is 0 Å². The molecule has 1 aromatic heterocycles. The van der Waals surface area contributed by atoms with Crippen molar-refractivity contribution in [1.82, 2.24) is 10.3 Å². The topological polar surface area (TPSA) is 38.1 Å². The van der Waals surface area contributed by atoms with Crippen LogP contribution in [0.3, 0.4) is 0 Å². The van der Waals surface area contributed by atoms with E-state index in [0.717, 1.165) is 15.8 Å². The van der Waals surface area contributed by atoms with Gasteiger partial charge in [-0.2, -0.15) is 0 Å². The Morgan fingerprint density at radius 3 is 2.93 bits per heavy atom. The minimum atomic E-state index is 0.643. The number of rotatable bonds is 3. The summed E-state index contributed by atoms with van der Waals surface area (Å²) in [6, 6.07) is 7.92. The van der Waals surface area contributed by atoms with Gasteiger partial charge in [0.15, 0.2) is 5.76 Å². The van der Waals surface area contributed by atoms with Gasteiger partial charge in [0.1, 0.15) is 0 Å². The summed E-state index contributed by atoms with van der Waals surface area (Å²) in [7, 11) is 1.86. The Balaban J connectivity index is 2.33. The predicted octanol–water partition coefficient (Wildman–Crippen LogP) is 2.82. The van der Waals surface area contributed by atoms with Gasteiger partial charge in [0, 0.05) is 10.0 Å². The van der Waals surface area contributed by atoms with E-state index in [1.54, 1.807) is 6.20 Å². The smallest absolute Gasteiger partial charge is 0.208 e. The fourth-order valence-corrected chi connectivity index (χ4v) is 1.81. The molecular formula is C11H11BrN2O. The van der Waals surface area contributed by atoms with Crippen molar-refractivity contribution in [2.24, 2.45) is 0 Å². The molecule has 0 radical (unpaired) electrons. The van der Waals surface area contributed by atoms with Crippen LogP contribution in [0.15, 0.2) is 39.4 Å². The Hall–Kier alpha value is -1.13. The number of halogens is 1. The molecule has 0 unspecified atom stereocenters. The van der Waals surface area contributed by atoms with Crippen LogP contribution in [0.1, 0.15) is 5.89 Å². The third-order valence-electron chi connectivity index (χ3n) is 2.02. The molecule has 3 nitrogen and oxygen atoms in total. The van der Waals surface area contributed by atoms with Gasteiger partial charge >= 0.3 is 0 Å². The summed E-state index contributed by atoms with van der Waals surface area (Å²) in [5.74, 6) is 1.48. The average Bonchev–Trinajstić information content (AvgIpc) is 2.68. The van der Waals surface area contributed by atoms with Gasteiger partial charge in [-0.15, -0.1) is 0 Å². The molecule has 1 aromatic carbocycles. The molecule has 0 aliphatic heterocycles. The van der Waals surface area contributed by atoms with Crippen LogP contribution >= 0.6 is 15.9 Å². The Labute approximate surface area is 96.6 Å². The van der Waals surface area contributed by atoms with Crippen LogP contribution in [0.5, 0.6) is 0 Å². The van der Waals surface area contributed by atoms with Crippen LogP contribution < -0.4 is 5.32 Å². The number of oxazole rings is 1. The molecule has 2 rings (SSSR count). The van der Waals surface area contributed by atoms with Crippen molar-refractivity contribution in [3.63, 3.8) is 0 Å². The minimum absolute atomic E-state index is 0.643. The maximum Gasteiger partial charge on any atom is 0.208 e. The zero-order valence-corrected chi connectivity index (χ0v) is 9.91. The Morgan fingerprint density at radius 2 is 2.20 bits per heavy atom. The fourth-order valence-electron chi connectivity index (χ4n) is 1.33. The first-order valence-corrected chi connectivity index (χ1v) is 5.45. The lowest BCUT2D eigenvalue weighted by Crippen LogP contribution is -2.04. The molecule has 0 atom stereocenters. The van der Waals surface area contributed by atoms with E-state index in [2.05, 4.69) is 26.2 Å². The van der Waals surface area contributed by atoms with Crippen LogP contribution in [0, 0.1) is 0 Å². The third kappa shape index (κ3) is 2.27. The van der Waals surface area contributed by atoms with Gasteiger partial charge in [-0.25, -0.2) is 4.98 Å². The first-order chi connectivity index (χ1) is 7.31. The summed E-state index contributed by atoms with van der Waals surface area (Å²) in [6.07, 6.45) is 1.74. The van der Waals surface area contributed by atoms with Crippen molar-refractivity contribution in [2.45, 2.75) is 6.54 Å². The molecule has 1 heterocycles. The van der Waals surface area contributed by atoms with Crippen molar-refractivity contribution in [1.29, 1.82) is 0 Å². The second-order valence-electron chi connectivity index (χ2n) is 3.13. The minimum Gasteiger partial charge on any atom is -0.439 e. The molecule has 0 amide bonds. The van der Waals surface area contributed by atoms with Gasteiger partial charge in [-0.05, 0) is 13.1 Å². The second-order valence-corrected chi connectivity index (χ2v) is 3.98. The van der Waals surface area contributed by atoms with E-state index in [1.807, 2.05) is 31.3 Å². The molecule has 0 fully saturated rings. The van der Waals surface area contributed by atoms with Crippen molar-refractivity contribution >= 4 is 15.9 Å². The molecule has 15 heavy (non-hydrogen) atoms. The van der Waals surface area contributed by atoms with Crippen LogP contribution in [-0.4, -0.2) is 12.0 Å². The molecule has 2 aromatic rings. The fraction of sp³-hybridized carbons (Fsp3) is 0.182. The third-order valence-corrected chi connectivity index (χ3v) is 2.71. The Morgan fingerprint density at radius 1 is 1.40 bits per heavy atom. The van der Waals surface area contributed by atoms with E-state index >= 15 is 0 Å². The number of benzene rings is 1. The highest BCUT2D eigenvalue weighted by Gasteiger charge is 2.07. The highest BCUT2D eigenvalue weighted by Crippen LogP contribution is 2.28. The predicted molar refractivity (Wildman–Crippen MR) is 62.4 cm³/mol. The molecule has 0 aliphatic rings. The molecule has 4 heteroatoms. The van der Waals surface area contributed by atoms with Gasteiger partial charge in [0.05, 0.1) is 12.7 Å². The van der Waals surface area contributed by atoms with Gasteiger partial charge in [-0.1, -0.05) is 34.1 Å². The second kappa shape index (κ2) is 4.59.